The van der Waals surface area contributed by atoms with Crippen molar-refractivity contribution in [2.45, 2.75) is 45.6 Å². The summed E-state index contributed by atoms with van der Waals surface area (Å²) in [6.07, 6.45) is 6.49. The fraction of sp³-hybridized carbons (Fsp3) is 0.647. The molecule has 2 heteroatoms. The number of hydrogen-bond acceptors (Lipinski definition) is 2. The van der Waals surface area contributed by atoms with E-state index in [1.54, 1.807) is 0 Å². The predicted octanol–water partition coefficient (Wildman–Crippen LogP) is 3.12. The maximum absolute atomic E-state index is 3.57. The van der Waals surface area contributed by atoms with Crippen molar-refractivity contribution in [3.8, 4) is 0 Å². The highest BCUT2D eigenvalue weighted by Gasteiger charge is 2.11. The average molecular weight is 260 g/mol. The van der Waals surface area contributed by atoms with Gasteiger partial charge in [0.15, 0.2) is 0 Å². The Morgan fingerprint density at radius 3 is 2.68 bits per heavy atom. The van der Waals surface area contributed by atoms with E-state index in [2.05, 4.69) is 41.8 Å². The number of piperidine rings is 1. The summed E-state index contributed by atoms with van der Waals surface area (Å²) in [6, 6.07) is 9.07. The Bertz CT molecular complexity index is 339. The molecule has 0 aromatic heterocycles. The van der Waals surface area contributed by atoms with Gasteiger partial charge in [0.25, 0.3) is 0 Å². The normalized spacial score (nSPS) is 19.5. The van der Waals surface area contributed by atoms with E-state index in [9.17, 15) is 0 Å². The van der Waals surface area contributed by atoms with Crippen LogP contribution < -0.4 is 10.6 Å². The van der Waals surface area contributed by atoms with Crippen LogP contribution in [0.5, 0.6) is 0 Å². The van der Waals surface area contributed by atoms with Crippen LogP contribution in [0.1, 0.15) is 43.7 Å². The molecule has 0 bridgehead atoms. The summed E-state index contributed by atoms with van der Waals surface area (Å²) in [7, 11) is 0. The molecule has 0 saturated carbocycles. The van der Waals surface area contributed by atoms with Gasteiger partial charge < -0.3 is 10.6 Å². The second-order valence-corrected chi connectivity index (χ2v) is 5.74. The number of benzene rings is 1. The summed E-state index contributed by atoms with van der Waals surface area (Å²) in [5.41, 5.74) is 2.86. The van der Waals surface area contributed by atoms with Crippen LogP contribution in [0.2, 0.25) is 0 Å². The lowest BCUT2D eigenvalue weighted by atomic mass is 9.96. The minimum Gasteiger partial charge on any atom is -0.316 e. The molecule has 1 aromatic rings. The smallest absolute Gasteiger partial charge is 0.0205 e. The molecule has 106 valence electrons. The van der Waals surface area contributed by atoms with E-state index in [-0.39, 0.29) is 0 Å². The third-order valence-corrected chi connectivity index (χ3v) is 4.02. The number of rotatable bonds is 7. The summed E-state index contributed by atoms with van der Waals surface area (Å²) in [6.45, 7) is 6.81. The van der Waals surface area contributed by atoms with Crippen molar-refractivity contribution in [2.75, 3.05) is 19.6 Å². The lowest BCUT2D eigenvalue weighted by molar-refractivity contribution is 0.352. The molecule has 0 spiro atoms. The number of nitrogens with one attached hydrogen (secondary N) is 2. The van der Waals surface area contributed by atoms with E-state index in [1.807, 2.05) is 0 Å². The zero-order valence-electron chi connectivity index (χ0n) is 12.3. The first-order valence-corrected chi connectivity index (χ1v) is 7.87. The Morgan fingerprint density at radius 1 is 1.21 bits per heavy atom. The molecule has 1 aliphatic heterocycles. The minimum atomic E-state index is 0.883. The van der Waals surface area contributed by atoms with Crippen LogP contribution in [-0.2, 0) is 13.0 Å². The van der Waals surface area contributed by atoms with Gasteiger partial charge in [0, 0.05) is 6.54 Å². The van der Waals surface area contributed by atoms with E-state index in [0.717, 1.165) is 19.0 Å². The van der Waals surface area contributed by atoms with Gasteiger partial charge in [-0.1, -0.05) is 37.6 Å². The van der Waals surface area contributed by atoms with Crippen molar-refractivity contribution in [3.05, 3.63) is 35.4 Å². The maximum atomic E-state index is 3.57. The first-order chi connectivity index (χ1) is 9.38. The zero-order valence-corrected chi connectivity index (χ0v) is 12.3. The Kier molecular flexibility index (Phi) is 6.38. The molecule has 2 nitrogen and oxygen atoms in total. The highest BCUT2D eigenvalue weighted by molar-refractivity contribution is 5.22. The molecule has 1 atom stereocenters. The van der Waals surface area contributed by atoms with Gasteiger partial charge in [-0.25, -0.2) is 0 Å². The van der Waals surface area contributed by atoms with Gasteiger partial charge in [-0.15, -0.1) is 0 Å². The number of aryl methyl sites for hydroxylation is 1. The Morgan fingerprint density at radius 2 is 2.00 bits per heavy atom. The van der Waals surface area contributed by atoms with Crippen LogP contribution in [0.4, 0.5) is 0 Å². The first-order valence-electron chi connectivity index (χ1n) is 7.87. The molecule has 1 saturated heterocycles. The van der Waals surface area contributed by atoms with E-state index < -0.39 is 0 Å². The van der Waals surface area contributed by atoms with Crippen molar-refractivity contribution in [2.24, 2.45) is 5.92 Å². The first kappa shape index (κ1) is 14.5. The fourth-order valence-electron chi connectivity index (χ4n) is 2.82. The molecular weight excluding hydrogens is 232 g/mol. The quantitative estimate of drug-likeness (QED) is 0.736. The van der Waals surface area contributed by atoms with E-state index in [4.69, 9.17) is 0 Å². The maximum Gasteiger partial charge on any atom is 0.0205 e. The van der Waals surface area contributed by atoms with Crippen LogP contribution in [-0.4, -0.2) is 19.6 Å². The van der Waals surface area contributed by atoms with Gasteiger partial charge in [0.05, 0.1) is 0 Å². The molecule has 0 aliphatic carbocycles. The standard InChI is InChI=1S/C17H28N2/c1-2-4-15-6-8-17(9-7-15)14-19-12-10-16-5-3-11-18-13-16/h6-9,16,18-19H,2-5,10-14H2,1H3. The molecule has 0 amide bonds. The third-order valence-electron chi connectivity index (χ3n) is 4.02. The van der Waals surface area contributed by atoms with Crippen molar-refractivity contribution in [1.82, 2.24) is 10.6 Å². The minimum absolute atomic E-state index is 0.883. The van der Waals surface area contributed by atoms with Gasteiger partial charge >= 0.3 is 0 Å². The molecule has 1 aromatic carbocycles. The fourth-order valence-corrected chi connectivity index (χ4v) is 2.82. The van der Waals surface area contributed by atoms with Crippen molar-refractivity contribution < 1.29 is 0 Å². The molecule has 19 heavy (non-hydrogen) atoms. The summed E-state index contributed by atoms with van der Waals surface area (Å²) in [4.78, 5) is 0. The van der Waals surface area contributed by atoms with Gasteiger partial charge in [0.1, 0.15) is 0 Å². The van der Waals surface area contributed by atoms with Crippen LogP contribution in [0.3, 0.4) is 0 Å². The summed E-state index contributed by atoms with van der Waals surface area (Å²) in [5, 5.41) is 7.06. The number of hydrogen-bond donors (Lipinski definition) is 2. The highest BCUT2D eigenvalue weighted by Crippen LogP contribution is 2.13. The third kappa shape index (κ3) is 5.33. The zero-order chi connectivity index (χ0) is 13.3. The second kappa shape index (κ2) is 8.34. The Balaban J connectivity index is 1.62. The van der Waals surface area contributed by atoms with E-state index in [1.165, 1.54) is 56.3 Å². The van der Waals surface area contributed by atoms with Gasteiger partial charge in [-0.3, -0.25) is 0 Å². The van der Waals surface area contributed by atoms with Gasteiger partial charge in [-0.05, 0) is 62.4 Å². The molecule has 0 radical (unpaired) electrons. The van der Waals surface area contributed by atoms with Crippen molar-refractivity contribution >= 4 is 0 Å². The summed E-state index contributed by atoms with van der Waals surface area (Å²) < 4.78 is 0. The second-order valence-electron chi connectivity index (χ2n) is 5.74. The van der Waals surface area contributed by atoms with Crippen molar-refractivity contribution in [3.63, 3.8) is 0 Å². The lowest BCUT2D eigenvalue weighted by Crippen LogP contribution is -2.31. The summed E-state index contributed by atoms with van der Waals surface area (Å²) >= 11 is 0. The van der Waals surface area contributed by atoms with Crippen LogP contribution in [0.15, 0.2) is 24.3 Å². The van der Waals surface area contributed by atoms with Crippen molar-refractivity contribution in [1.29, 1.82) is 0 Å². The monoisotopic (exact) mass is 260 g/mol. The average Bonchev–Trinajstić information content (AvgIpc) is 2.47. The van der Waals surface area contributed by atoms with E-state index >= 15 is 0 Å². The van der Waals surface area contributed by atoms with Gasteiger partial charge in [-0.2, -0.15) is 0 Å². The molecule has 2 N–H and O–H groups in total. The predicted molar refractivity (Wildman–Crippen MR) is 82.4 cm³/mol. The van der Waals surface area contributed by atoms with Crippen LogP contribution in [0, 0.1) is 5.92 Å². The molecule has 1 aliphatic rings. The van der Waals surface area contributed by atoms with Crippen LogP contribution in [0.25, 0.3) is 0 Å². The van der Waals surface area contributed by atoms with E-state index in [0.29, 0.717) is 0 Å². The molecular formula is C17H28N2. The van der Waals surface area contributed by atoms with Crippen LogP contribution >= 0.6 is 0 Å². The highest BCUT2D eigenvalue weighted by atomic mass is 14.9. The molecule has 1 heterocycles. The summed E-state index contributed by atoms with van der Waals surface area (Å²) in [5.74, 6) is 0.883. The topological polar surface area (TPSA) is 24.1 Å². The Hall–Kier alpha value is -0.860. The van der Waals surface area contributed by atoms with Gasteiger partial charge in [0.2, 0.25) is 0 Å². The lowest BCUT2D eigenvalue weighted by Gasteiger charge is -2.22. The molecule has 2 rings (SSSR count). The molecule has 1 unspecified atom stereocenters. The Labute approximate surface area is 118 Å². The largest absolute Gasteiger partial charge is 0.316 e. The molecule has 1 fully saturated rings. The SMILES string of the molecule is CCCc1ccc(CNCCC2CCCNC2)cc1.